The molecular weight excluding hydrogens is 309 g/mol. The molecule has 1 N–H and O–H groups in total. The van der Waals surface area contributed by atoms with Crippen LogP contribution in [0.3, 0.4) is 0 Å². The van der Waals surface area contributed by atoms with E-state index in [2.05, 4.69) is 14.9 Å². The molecule has 1 saturated heterocycles. The number of rotatable bonds is 5. The summed E-state index contributed by atoms with van der Waals surface area (Å²) in [5, 5.41) is 9.92. The highest BCUT2D eigenvalue weighted by Gasteiger charge is 2.37. The minimum atomic E-state index is -0.786. The van der Waals surface area contributed by atoms with E-state index in [0.29, 0.717) is 31.7 Å². The highest BCUT2D eigenvalue weighted by atomic mass is 19.1. The van der Waals surface area contributed by atoms with Gasteiger partial charge in [0.15, 0.2) is 0 Å². The molecule has 0 bridgehead atoms. The standard InChI is InChI=1S/C18H22FN3O2/c1-14-20-9-15(10-21-14)11-22-6-7-24-18(12-22,13-23)8-16-4-2-3-5-17(16)19/h2-5,9-10,23H,6-8,11-13H2,1H3. The molecule has 0 amide bonds. The average molecular weight is 331 g/mol. The molecule has 1 aromatic heterocycles. The number of halogens is 1. The highest BCUT2D eigenvalue weighted by Crippen LogP contribution is 2.25. The van der Waals surface area contributed by atoms with Gasteiger partial charge in [-0.2, -0.15) is 0 Å². The molecule has 1 aliphatic heterocycles. The van der Waals surface area contributed by atoms with E-state index in [4.69, 9.17) is 4.74 Å². The molecule has 0 radical (unpaired) electrons. The molecule has 0 aliphatic carbocycles. The van der Waals surface area contributed by atoms with Gasteiger partial charge in [-0.3, -0.25) is 4.90 Å². The van der Waals surface area contributed by atoms with Crippen LogP contribution >= 0.6 is 0 Å². The van der Waals surface area contributed by atoms with Crippen LogP contribution in [-0.4, -0.2) is 51.9 Å². The van der Waals surface area contributed by atoms with Crippen molar-refractivity contribution in [3.63, 3.8) is 0 Å². The Morgan fingerprint density at radius 2 is 2.04 bits per heavy atom. The van der Waals surface area contributed by atoms with E-state index < -0.39 is 5.60 Å². The minimum Gasteiger partial charge on any atom is -0.393 e. The number of aromatic nitrogens is 2. The number of hydrogen-bond acceptors (Lipinski definition) is 5. The Morgan fingerprint density at radius 1 is 1.29 bits per heavy atom. The zero-order chi connectivity index (χ0) is 17.0. The lowest BCUT2D eigenvalue weighted by Crippen LogP contribution is -2.55. The van der Waals surface area contributed by atoms with Crippen LogP contribution in [0.5, 0.6) is 0 Å². The molecule has 1 aliphatic rings. The lowest BCUT2D eigenvalue weighted by atomic mass is 9.92. The van der Waals surface area contributed by atoms with Crippen molar-refractivity contribution in [2.75, 3.05) is 26.3 Å². The Labute approximate surface area is 141 Å². The van der Waals surface area contributed by atoms with Gasteiger partial charge in [0, 0.05) is 44.0 Å². The normalized spacial score (nSPS) is 21.8. The summed E-state index contributed by atoms with van der Waals surface area (Å²) < 4.78 is 19.8. The lowest BCUT2D eigenvalue weighted by Gasteiger charge is -2.42. The molecule has 5 nitrogen and oxygen atoms in total. The third kappa shape index (κ3) is 3.95. The smallest absolute Gasteiger partial charge is 0.126 e. The third-order valence-electron chi connectivity index (χ3n) is 4.33. The van der Waals surface area contributed by atoms with Crippen LogP contribution in [0.25, 0.3) is 0 Å². The number of aliphatic hydroxyl groups excluding tert-OH is 1. The third-order valence-corrected chi connectivity index (χ3v) is 4.33. The summed E-state index contributed by atoms with van der Waals surface area (Å²) in [6.45, 7) is 4.18. The maximum Gasteiger partial charge on any atom is 0.126 e. The van der Waals surface area contributed by atoms with E-state index >= 15 is 0 Å². The van der Waals surface area contributed by atoms with E-state index in [1.54, 1.807) is 18.2 Å². The Balaban J connectivity index is 1.72. The van der Waals surface area contributed by atoms with E-state index in [1.165, 1.54) is 6.07 Å². The monoisotopic (exact) mass is 331 g/mol. The number of benzene rings is 1. The number of aliphatic hydroxyl groups is 1. The number of nitrogens with zero attached hydrogens (tertiary/aromatic N) is 3. The molecule has 128 valence electrons. The van der Waals surface area contributed by atoms with Crippen molar-refractivity contribution in [2.45, 2.75) is 25.5 Å². The number of ether oxygens (including phenoxy) is 1. The zero-order valence-electron chi connectivity index (χ0n) is 13.8. The van der Waals surface area contributed by atoms with Crippen molar-refractivity contribution >= 4 is 0 Å². The van der Waals surface area contributed by atoms with Crippen LogP contribution in [-0.2, 0) is 17.7 Å². The quantitative estimate of drug-likeness (QED) is 0.904. The molecule has 0 saturated carbocycles. The van der Waals surface area contributed by atoms with E-state index in [0.717, 1.165) is 17.9 Å². The maximum atomic E-state index is 14.0. The van der Waals surface area contributed by atoms with Gasteiger partial charge in [0.05, 0.1) is 13.2 Å². The Kier molecular flexibility index (Phi) is 5.18. The first kappa shape index (κ1) is 17.0. The first-order chi connectivity index (χ1) is 11.6. The SMILES string of the molecule is Cc1ncc(CN2CCOC(CO)(Cc3ccccc3F)C2)cn1. The molecule has 2 heterocycles. The van der Waals surface area contributed by atoms with Crippen LogP contribution in [0.1, 0.15) is 17.0 Å². The van der Waals surface area contributed by atoms with Gasteiger partial charge in [-0.05, 0) is 18.6 Å². The molecule has 0 spiro atoms. The first-order valence-electron chi connectivity index (χ1n) is 8.08. The Morgan fingerprint density at radius 3 is 2.75 bits per heavy atom. The maximum absolute atomic E-state index is 14.0. The minimum absolute atomic E-state index is 0.151. The molecule has 1 aromatic carbocycles. The fourth-order valence-electron chi connectivity index (χ4n) is 3.06. The second kappa shape index (κ2) is 7.34. The molecular formula is C18H22FN3O2. The molecule has 2 aromatic rings. The summed E-state index contributed by atoms with van der Waals surface area (Å²) in [4.78, 5) is 10.6. The van der Waals surface area contributed by atoms with Crippen LogP contribution in [0.2, 0.25) is 0 Å². The van der Waals surface area contributed by atoms with Gasteiger partial charge < -0.3 is 9.84 Å². The van der Waals surface area contributed by atoms with Crippen LogP contribution in [0.15, 0.2) is 36.7 Å². The Bertz CT molecular complexity index is 680. The molecule has 3 rings (SSSR count). The molecule has 1 atom stereocenters. The van der Waals surface area contributed by atoms with Crippen molar-refractivity contribution in [3.8, 4) is 0 Å². The number of aryl methyl sites for hydroxylation is 1. The summed E-state index contributed by atoms with van der Waals surface area (Å²) in [5.74, 6) is 0.475. The fraction of sp³-hybridized carbons (Fsp3) is 0.444. The van der Waals surface area contributed by atoms with E-state index in [9.17, 15) is 9.50 Å². The Hall–Kier alpha value is -1.89. The summed E-state index contributed by atoms with van der Waals surface area (Å²) in [7, 11) is 0. The number of morpholine rings is 1. The topological polar surface area (TPSA) is 58.5 Å². The van der Waals surface area contributed by atoms with Gasteiger partial charge >= 0.3 is 0 Å². The van der Waals surface area contributed by atoms with E-state index in [-0.39, 0.29) is 12.4 Å². The summed E-state index contributed by atoms with van der Waals surface area (Å²) >= 11 is 0. The van der Waals surface area contributed by atoms with Gasteiger partial charge in [-0.15, -0.1) is 0 Å². The summed E-state index contributed by atoms with van der Waals surface area (Å²) in [6.07, 6.45) is 3.97. The molecule has 6 heteroatoms. The van der Waals surface area contributed by atoms with Crippen molar-refractivity contribution in [1.82, 2.24) is 14.9 Å². The van der Waals surface area contributed by atoms with Crippen molar-refractivity contribution in [2.24, 2.45) is 0 Å². The van der Waals surface area contributed by atoms with Crippen molar-refractivity contribution in [1.29, 1.82) is 0 Å². The molecule has 1 unspecified atom stereocenters. The number of hydrogen-bond donors (Lipinski definition) is 1. The van der Waals surface area contributed by atoms with Crippen LogP contribution in [0, 0.1) is 12.7 Å². The van der Waals surface area contributed by atoms with Crippen molar-refractivity contribution < 1.29 is 14.2 Å². The predicted octanol–water partition coefficient (Wildman–Crippen LogP) is 1.73. The van der Waals surface area contributed by atoms with E-state index in [1.807, 2.05) is 19.3 Å². The van der Waals surface area contributed by atoms with Gasteiger partial charge in [0.25, 0.3) is 0 Å². The van der Waals surface area contributed by atoms with Crippen LogP contribution < -0.4 is 0 Å². The largest absolute Gasteiger partial charge is 0.393 e. The van der Waals surface area contributed by atoms with Gasteiger partial charge in [0.1, 0.15) is 17.2 Å². The fourth-order valence-corrected chi connectivity index (χ4v) is 3.06. The highest BCUT2D eigenvalue weighted by molar-refractivity contribution is 5.20. The summed E-state index contributed by atoms with van der Waals surface area (Å²) in [5.41, 5.74) is 0.790. The lowest BCUT2D eigenvalue weighted by molar-refractivity contribution is -0.134. The van der Waals surface area contributed by atoms with Gasteiger partial charge in [-0.25, -0.2) is 14.4 Å². The second-order valence-corrected chi connectivity index (χ2v) is 6.31. The van der Waals surface area contributed by atoms with Gasteiger partial charge in [-0.1, -0.05) is 18.2 Å². The first-order valence-corrected chi connectivity index (χ1v) is 8.08. The second-order valence-electron chi connectivity index (χ2n) is 6.31. The van der Waals surface area contributed by atoms with Crippen LogP contribution in [0.4, 0.5) is 4.39 Å². The summed E-state index contributed by atoms with van der Waals surface area (Å²) in [6, 6.07) is 6.64. The average Bonchev–Trinajstić information content (AvgIpc) is 2.59. The van der Waals surface area contributed by atoms with Crippen molar-refractivity contribution in [3.05, 3.63) is 59.4 Å². The molecule has 1 fully saturated rings. The van der Waals surface area contributed by atoms with Gasteiger partial charge in [0.2, 0.25) is 0 Å². The predicted molar refractivity (Wildman–Crippen MR) is 87.9 cm³/mol. The zero-order valence-corrected chi connectivity index (χ0v) is 13.8. The molecule has 24 heavy (non-hydrogen) atoms.